The Balaban J connectivity index is 2.32. The number of sulfone groups is 1. The van der Waals surface area contributed by atoms with Crippen molar-refractivity contribution in [2.45, 2.75) is 11.4 Å². The molecule has 2 rings (SSSR count). The van der Waals surface area contributed by atoms with Crippen molar-refractivity contribution in [1.82, 2.24) is 0 Å². The van der Waals surface area contributed by atoms with Gasteiger partial charge in [0.15, 0.2) is 9.84 Å². The molecule has 0 heterocycles. The van der Waals surface area contributed by atoms with Crippen LogP contribution in [0.1, 0.15) is 5.56 Å². The fourth-order valence-corrected chi connectivity index (χ4v) is 3.68. The van der Waals surface area contributed by atoms with E-state index in [1.807, 2.05) is 0 Å². The molecule has 1 N–H and O–H groups in total. The van der Waals surface area contributed by atoms with Crippen LogP contribution >= 0.6 is 34.8 Å². The van der Waals surface area contributed by atoms with E-state index in [1.165, 1.54) is 6.07 Å². The van der Waals surface area contributed by atoms with Gasteiger partial charge >= 0.3 is 0 Å². The van der Waals surface area contributed by atoms with Crippen molar-refractivity contribution in [2.24, 2.45) is 0 Å². The van der Waals surface area contributed by atoms with Gasteiger partial charge < -0.3 is 5.32 Å². The lowest BCUT2D eigenvalue weighted by Gasteiger charge is -2.12. The van der Waals surface area contributed by atoms with Crippen LogP contribution in [0, 0.1) is 0 Å². The van der Waals surface area contributed by atoms with E-state index in [0.717, 1.165) is 6.26 Å². The fourth-order valence-electron chi connectivity index (χ4n) is 1.90. The Bertz CT molecular complexity index is 756. The molecular formula is C14H12Cl3NO2S. The molecule has 7 heteroatoms. The summed E-state index contributed by atoms with van der Waals surface area (Å²) in [7, 11) is -3.35. The van der Waals surface area contributed by atoms with E-state index in [9.17, 15) is 8.42 Å². The lowest BCUT2D eigenvalue weighted by Crippen LogP contribution is -2.07. The molecule has 0 radical (unpaired) electrons. The van der Waals surface area contributed by atoms with Crippen LogP contribution in [-0.2, 0) is 16.4 Å². The number of halogens is 3. The molecule has 0 saturated heterocycles. The molecule has 2 aromatic rings. The van der Waals surface area contributed by atoms with Gasteiger partial charge in [-0.3, -0.25) is 0 Å². The van der Waals surface area contributed by atoms with Gasteiger partial charge in [0.2, 0.25) is 0 Å². The van der Waals surface area contributed by atoms with E-state index in [0.29, 0.717) is 26.3 Å². The molecule has 3 nitrogen and oxygen atoms in total. The highest BCUT2D eigenvalue weighted by atomic mass is 35.5. The molecule has 0 aliphatic carbocycles. The minimum absolute atomic E-state index is 0.204. The van der Waals surface area contributed by atoms with Gasteiger partial charge in [-0.15, -0.1) is 0 Å². The summed E-state index contributed by atoms with van der Waals surface area (Å²) in [6.45, 7) is 0.249. The standard InChI is InChI=1S/C14H12Cl3NO2S/c1-21(19,20)14-4-2-3-13(17)12(14)8-18-11-6-9(15)5-10(16)7-11/h2-7,18H,8H2,1H3. The first-order valence-corrected chi connectivity index (χ1v) is 8.97. The van der Waals surface area contributed by atoms with Crippen LogP contribution in [0.15, 0.2) is 41.3 Å². The molecule has 112 valence electrons. The highest BCUT2D eigenvalue weighted by Crippen LogP contribution is 2.27. The lowest BCUT2D eigenvalue weighted by atomic mass is 10.2. The Kier molecular flexibility index (Phi) is 5.04. The quantitative estimate of drug-likeness (QED) is 0.858. The Morgan fingerprint density at radius 2 is 1.67 bits per heavy atom. The first-order valence-electron chi connectivity index (χ1n) is 5.95. The zero-order valence-electron chi connectivity index (χ0n) is 11.0. The van der Waals surface area contributed by atoms with Crippen LogP contribution < -0.4 is 5.32 Å². The van der Waals surface area contributed by atoms with Crippen LogP contribution in [0.2, 0.25) is 15.1 Å². The van der Waals surface area contributed by atoms with E-state index in [-0.39, 0.29) is 11.4 Å². The summed E-state index contributed by atoms with van der Waals surface area (Å²) < 4.78 is 23.6. The highest BCUT2D eigenvalue weighted by Gasteiger charge is 2.15. The summed E-state index contributed by atoms with van der Waals surface area (Å²) in [4.78, 5) is 0.204. The minimum Gasteiger partial charge on any atom is -0.381 e. The Morgan fingerprint density at radius 1 is 1.05 bits per heavy atom. The third-order valence-electron chi connectivity index (χ3n) is 2.81. The maximum atomic E-state index is 11.8. The van der Waals surface area contributed by atoms with Crippen molar-refractivity contribution in [3.8, 4) is 0 Å². The average Bonchev–Trinajstić information content (AvgIpc) is 2.34. The molecule has 0 aromatic heterocycles. The number of anilines is 1. The maximum Gasteiger partial charge on any atom is 0.175 e. The molecule has 0 aliphatic heterocycles. The van der Waals surface area contributed by atoms with Crippen LogP contribution in [0.5, 0.6) is 0 Å². The lowest BCUT2D eigenvalue weighted by molar-refractivity contribution is 0.601. The number of nitrogens with one attached hydrogen (secondary N) is 1. The second-order valence-electron chi connectivity index (χ2n) is 4.50. The number of hydrogen-bond donors (Lipinski definition) is 1. The van der Waals surface area contributed by atoms with Crippen LogP contribution in [0.25, 0.3) is 0 Å². The van der Waals surface area contributed by atoms with E-state index in [1.54, 1.807) is 30.3 Å². The van der Waals surface area contributed by atoms with Crippen LogP contribution in [0.3, 0.4) is 0 Å². The highest BCUT2D eigenvalue weighted by molar-refractivity contribution is 7.90. The Labute approximate surface area is 138 Å². The van der Waals surface area contributed by atoms with Gasteiger partial charge in [-0.1, -0.05) is 40.9 Å². The smallest absolute Gasteiger partial charge is 0.175 e. The molecule has 0 saturated carbocycles. The number of hydrogen-bond acceptors (Lipinski definition) is 3. The molecule has 21 heavy (non-hydrogen) atoms. The maximum absolute atomic E-state index is 11.8. The Morgan fingerprint density at radius 3 is 2.24 bits per heavy atom. The van der Waals surface area contributed by atoms with Crippen molar-refractivity contribution in [3.05, 3.63) is 57.0 Å². The molecule has 0 amide bonds. The molecular weight excluding hydrogens is 353 g/mol. The second kappa shape index (κ2) is 6.44. The summed E-state index contributed by atoms with van der Waals surface area (Å²) in [6, 6.07) is 9.81. The fraction of sp³-hybridized carbons (Fsp3) is 0.143. The molecule has 2 aromatic carbocycles. The van der Waals surface area contributed by atoms with Crippen molar-refractivity contribution in [2.75, 3.05) is 11.6 Å². The first-order chi connectivity index (χ1) is 9.77. The van der Waals surface area contributed by atoms with Gasteiger partial charge in [0.1, 0.15) is 0 Å². The Hall–Kier alpha value is -0.940. The monoisotopic (exact) mass is 363 g/mol. The van der Waals surface area contributed by atoms with Gasteiger partial charge in [0.05, 0.1) is 4.90 Å². The predicted molar refractivity (Wildman–Crippen MR) is 88.4 cm³/mol. The third-order valence-corrected chi connectivity index (χ3v) is 4.78. The van der Waals surface area contributed by atoms with Gasteiger partial charge in [-0.05, 0) is 30.3 Å². The molecule has 0 fully saturated rings. The minimum atomic E-state index is -3.35. The van der Waals surface area contributed by atoms with E-state index < -0.39 is 9.84 Å². The molecule has 0 bridgehead atoms. The summed E-state index contributed by atoms with van der Waals surface area (Å²) in [5, 5.41) is 4.45. The zero-order chi connectivity index (χ0) is 15.6. The summed E-state index contributed by atoms with van der Waals surface area (Å²) in [5.74, 6) is 0. The summed E-state index contributed by atoms with van der Waals surface area (Å²) in [5.41, 5.74) is 1.20. The second-order valence-corrected chi connectivity index (χ2v) is 7.76. The molecule has 0 aliphatic rings. The number of rotatable bonds is 4. The van der Waals surface area contributed by atoms with Crippen molar-refractivity contribution < 1.29 is 8.42 Å². The third kappa shape index (κ3) is 4.27. The van der Waals surface area contributed by atoms with E-state index >= 15 is 0 Å². The normalized spacial score (nSPS) is 11.4. The van der Waals surface area contributed by atoms with Crippen LogP contribution in [0.4, 0.5) is 5.69 Å². The van der Waals surface area contributed by atoms with E-state index in [4.69, 9.17) is 34.8 Å². The van der Waals surface area contributed by atoms with Gasteiger partial charge in [0.25, 0.3) is 0 Å². The summed E-state index contributed by atoms with van der Waals surface area (Å²) >= 11 is 17.9. The topological polar surface area (TPSA) is 46.2 Å². The zero-order valence-corrected chi connectivity index (χ0v) is 14.1. The largest absolute Gasteiger partial charge is 0.381 e. The van der Waals surface area contributed by atoms with Crippen molar-refractivity contribution >= 4 is 50.3 Å². The SMILES string of the molecule is CS(=O)(=O)c1cccc(Cl)c1CNc1cc(Cl)cc(Cl)c1. The first kappa shape index (κ1) is 16.4. The van der Waals surface area contributed by atoms with Gasteiger partial charge in [-0.2, -0.15) is 0 Å². The van der Waals surface area contributed by atoms with E-state index in [2.05, 4.69) is 5.32 Å². The molecule has 0 spiro atoms. The van der Waals surface area contributed by atoms with Gasteiger partial charge in [0, 0.05) is 39.1 Å². The van der Waals surface area contributed by atoms with Gasteiger partial charge in [-0.25, -0.2) is 8.42 Å². The number of benzene rings is 2. The average molecular weight is 365 g/mol. The summed E-state index contributed by atoms with van der Waals surface area (Å²) in [6.07, 6.45) is 1.15. The van der Waals surface area contributed by atoms with Crippen molar-refractivity contribution in [1.29, 1.82) is 0 Å². The molecule has 0 atom stereocenters. The van der Waals surface area contributed by atoms with Crippen LogP contribution in [-0.4, -0.2) is 14.7 Å². The predicted octanol–water partition coefficient (Wildman–Crippen LogP) is 4.66. The molecule has 0 unspecified atom stereocenters. The van der Waals surface area contributed by atoms with Crippen molar-refractivity contribution in [3.63, 3.8) is 0 Å².